The molecule has 0 bridgehead atoms. The highest BCUT2D eigenvalue weighted by Crippen LogP contribution is 2.29. The Morgan fingerprint density at radius 3 is 2.46 bits per heavy atom. The first-order chi connectivity index (χ1) is 13.2. The van der Waals surface area contributed by atoms with Crippen molar-refractivity contribution in [3.8, 4) is 0 Å². The lowest BCUT2D eigenvalue weighted by molar-refractivity contribution is -0.164. The molecule has 2 atom stereocenters. The van der Waals surface area contributed by atoms with Crippen LogP contribution in [0.25, 0.3) is 0 Å². The predicted octanol–water partition coefficient (Wildman–Crippen LogP) is 0.566. The minimum atomic E-state index is -0.673. The van der Waals surface area contributed by atoms with Crippen LogP contribution in [-0.4, -0.2) is 78.7 Å². The van der Waals surface area contributed by atoms with Crippen LogP contribution in [0.3, 0.4) is 0 Å². The summed E-state index contributed by atoms with van der Waals surface area (Å²) in [4.78, 5) is 38.8. The van der Waals surface area contributed by atoms with Gasteiger partial charge in [0, 0.05) is 25.8 Å². The molecule has 1 heterocycles. The standard InChI is InChI=1S/C19H28N4O5/c1-12(2)20-19(27)21-14-7-5-13(6-8-14)18-15(10-24)23(17(26)11-28-18)9-16(25)22(3)4/h5-8,12,15,18,24H,9-11H2,1-4H3,(H2,20,21,27). The van der Waals surface area contributed by atoms with Gasteiger partial charge in [-0.15, -0.1) is 0 Å². The number of rotatable bonds is 6. The first-order valence-corrected chi connectivity index (χ1v) is 9.12. The van der Waals surface area contributed by atoms with E-state index in [9.17, 15) is 19.5 Å². The summed E-state index contributed by atoms with van der Waals surface area (Å²) in [7, 11) is 3.22. The van der Waals surface area contributed by atoms with Crippen molar-refractivity contribution in [1.29, 1.82) is 0 Å². The second kappa shape index (κ2) is 9.52. The van der Waals surface area contributed by atoms with Gasteiger partial charge in [0.2, 0.25) is 11.8 Å². The Morgan fingerprint density at radius 2 is 1.93 bits per heavy atom. The third-order valence-corrected chi connectivity index (χ3v) is 4.36. The molecule has 1 aliphatic rings. The van der Waals surface area contributed by atoms with E-state index in [0.29, 0.717) is 5.69 Å². The number of likely N-dealkylation sites (N-methyl/N-ethyl adjacent to an activating group) is 1. The molecule has 1 fully saturated rings. The fourth-order valence-electron chi connectivity index (χ4n) is 2.89. The molecule has 1 aromatic rings. The van der Waals surface area contributed by atoms with Crippen LogP contribution in [0.1, 0.15) is 25.5 Å². The number of carbonyl (C=O) groups excluding carboxylic acids is 3. The number of hydrogen-bond acceptors (Lipinski definition) is 5. The summed E-state index contributed by atoms with van der Waals surface area (Å²) in [6.07, 6.45) is -0.573. The lowest BCUT2D eigenvalue weighted by Crippen LogP contribution is -2.55. The average Bonchev–Trinajstić information content (AvgIpc) is 2.63. The minimum absolute atomic E-state index is 0.0219. The van der Waals surface area contributed by atoms with Crippen LogP contribution in [0.5, 0.6) is 0 Å². The first kappa shape index (κ1) is 21.6. The lowest BCUT2D eigenvalue weighted by Gasteiger charge is -2.40. The largest absolute Gasteiger partial charge is 0.394 e. The molecule has 0 saturated carbocycles. The Labute approximate surface area is 164 Å². The van der Waals surface area contributed by atoms with E-state index in [1.807, 2.05) is 13.8 Å². The highest BCUT2D eigenvalue weighted by molar-refractivity contribution is 5.89. The fourth-order valence-corrected chi connectivity index (χ4v) is 2.89. The molecule has 1 aromatic carbocycles. The summed E-state index contributed by atoms with van der Waals surface area (Å²) < 4.78 is 5.65. The van der Waals surface area contributed by atoms with Gasteiger partial charge in [-0.25, -0.2) is 4.79 Å². The van der Waals surface area contributed by atoms with Crippen LogP contribution in [0.2, 0.25) is 0 Å². The molecule has 2 rings (SSSR count). The van der Waals surface area contributed by atoms with Crippen LogP contribution < -0.4 is 10.6 Å². The van der Waals surface area contributed by atoms with Crippen molar-refractivity contribution in [3.05, 3.63) is 29.8 Å². The van der Waals surface area contributed by atoms with Crippen molar-refractivity contribution >= 4 is 23.5 Å². The summed E-state index contributed by atoms with van der Waals surface area (Å²) in [5.74, 6) is -0.572. The van der Waals surface area contributed by atoms with Crippen LogP contribution in [0.4, 0.5) is 10.5 Å². The maximum Gasteiger partial charge on any atom is 0.319 e. The Balaban J connectivity index is 2.13. The maximum absolute atomic E-state index is 12.2. The van der Waals surface area contributed by atoms with E-state index >= 15 is 0 Å². The predicted molar refractivity (Wildman–Crippen MR) is 104 cm³/mol. The molecule has 1 aliphatic heterocycles. The number of benzene rings is 1. The molecule has 0 radical (unpaired) electrons. The van der Waals surface area contributed by atoms with Gasteiger partial charge < -0.3 is 30.3 Å². The average molecular weight is 392 g/mol. The smallest absolute Gasteiger partial charge is 0.319 e. The van der Waals surface area contributed by atoms with Gasteiger partial charge in [0.15, 0.2) is 0 Å². The maximum atomic E-state index is 12.2. The van der Waals surface area contributed by atoms with Crippen LogP contribution in [-0.2, 0) is 14.3 Å². The van der Waals surface area contributed by atoms with Gasteiger partial charge in [-0.05, 0) is 31.5 Å². The van der Waals surface area contributed by atoms with Crippen molar-refractivity contribution in [2.45, 2.75) is 32.0 Å². The Morgan fingerprint density at radius 1 is 1.29 bits per heavy atom. The molecule has 0 aliphatic carbocycles. The number of urea groups is 1. The second-order valence-corrected chi connectivity index (χ2v) is 7.17. The molecule has 154 valence electrons. The second-order valence-electron chi connectivity index (χ2n) is 7.17. The number of aliphatic hydroxyl groups excluding tert-OH is 1. The number of amides is 4. The molecule has 2 unspecified atom stereocenters. The molecule has 4 amide bonds. The SMILES string of the molecule is CC(C)NC(=O)Nc1ccc(C2OCC(=O)N(CC(=O)N(C)C)C2CO)cc1. The first-order valence-electron chi connectivity index (χ1n) is 9.12. The molecular weight excluding hydrogens is 364 g/mol. The number of anilines is 1. The van der Waals surface area contributed by atoms with E-state index in [-0.39, 0.29) is 43.6 Å². The lowest BCUT2D eigenvalue weighted by atomic mass is 9.99. The van der Waals surface area contributed by atoms with Crippen molar-refractivity contribution < 1.29 is 24.2 Å². The van der Waals surface area contributed by atoms with Crippen molar-refractivity contribution in [2.24, 2.45) is 0 Å². The molecule has 3 N–H and O–H groups in total. The number of morpholine rings is 1. The quantitative estimate of drug-likeness (QED) is 0.655. The van der Waals surface area contributed by atoms with E-state index < -0.39 is 12.1 Å². The summed E-state index contributed by atoms with van der Waals surface area (Å²) in [6.45, 7) is 3.11. The van der Waals surface area contributed by atoms with E-state index in [4.69, 9.17) is 4.74 Å². The van der Waals surface area contributed by atoms with Gasteiger partial charge in [0.25, 0.3) is 0 Å². The zero-order chi connectivity index (χ0) is 20.8. The normalized spacial score (nSPS) is 19.5. The zero-order valence-corrected chi connectivity index (χ0v) is 16.6. The minimum Gasteiger partial charge on any atom is -0.394 e. The zero-order valence-electron chi connectivity index (χ0n) is 16.6. The molecule has 9 heteroatoms. The summed E-state index contributed by atoms with van der Waals surface area (Å²) in [5.41, 5.74) is 1.35. The molecule has 9 nitrogen and oxygen atoms in total. The highest BCUT2D eigenvalue weighted by atomic mass is 16.5. The molecule has 28 heavy (non-hydrogen) atoms. The van der Waals surface area contributed by atoms with E-state index in [1.54, 1.807) is 38.4 Å². The number of carbonyl (C=O) groups is 3. The highest BCUT2D eigenvalue weighted by Gasteiger charge is 2.38. The van der Waals surface area contributed by atoms with Crippen molar-refractivity contribution in [1.82, 2.24) is 15.1 Å². The van der Waals surface area contributed by atoms with Gasteiger partial charge in [-0.1, -0.05) is 12.1 Å². The number of aliphatic hydroxyl groups is 1. The summed E-state index contributed by atoms with van der Waals surface area (Å²) in [5, 5.41) is 15.3. The Kier molecular flexibility index (Phi) is 7.36. The Hall–Kier alpha value is -2.65. The van der Waals surface area contributed by atoms with E-state index in [0.717, 1.165) is 5.56 Å². The molecule has 0 spiro atoms. The topological polar surface area (TPSA) is 111 Å². The van der Waals surface area contributed by atoms with Gasteiger partial charge >= 0.3 is 6.03 Å². The van der Waals surface area contributed by atoms with Gasteiger partial charge in [0.1, 0.15) is 19.3 Å². The third-order valence-electron chi connectivity index (χ3n) is 4.36. The van der Waals surface area contributed by atoms with Gasteiger partial charge in [-0.3, -0.25) is 9.59 Å². The monoisotopic (exact) mass is 392 g/mol. The fraction of sp³-hybridized carbons (Fsp3) is 0.526. The van der Waals surface area contributed by atoms with E-state index in [1.165, 1.54) is 9.80 Å². The van der Waals surface area contributed by atoms with Crippen LogP contribution in [0, 0.1) is 0 Å². The number of ether oxygens (including phenoxy) is 1. The number of nitrogens with one attached hydrogen (secondary N) is 2. The number of hydrogen-bond donors (Lipinski definition) is 3. The van der Waals surface area contributed by atoms with Crippen molar-refractivity contribution in [3.63, 3.8) is 0 Å². The van der Waals surface area contributed by atoms with Crippen molar-refractivity contribution in [2.75, 3.05) is 39.2 Å². The van der Waals surface area contributed by atoms with E-state index in [2.05, 4.69) is 10.6 Å². The van der Waals surface area contributed by atoms with Crippen LogP contribution >= 0.6 is 0 Å². The van der Waals surface area contributed by atoms with Gasteiger partial charge in [0.05, 0.1) is 12.6 Å². The van der Waals surface area contributed by atoms with Crippen LogP contribution in [0.15, 0.2) is 24.3 Å². The molecule has 1 saturated heterocycles. The number of nitrogens with zero attached hydrogens (tertiary/aromatic N) is 2. The molecular formula is C19H28N4O5. The van der Waals surface area contributed by atoms with Gasteiger partial charge in [-0.2, -0.15) is 0 Å². The summed E-state index contributed by atoms with van der Waals surface area (Å²) in [6, 6.07) is 6.02. The Bertz CT molecular complexity index is 705. The third kappa shape index (κ3) is 5.43. The summed E-state index contributed by atoms with van der Waals surface area (Å²) >= 11 is 0. The molecule has 0 aromatic heterocycles.